The number of carboxylic acid groups (broad SMARTS) is 1. The SMILES string of the molecule is Cc1nc2sc3c(c2c(-c2ccc(C(F)(F)F)cc2)c1C(C)C(=O)O)CCC3. The fraction of sp³-hybridized carbons (Fsp3) is 0.333. The molecule has 1 unspecified atom stereocenters. The van der Waals surface area contributed by atoms with Crippen LogP contribution in [0.3, 0.4) is 0 Å². The number of rotatable bonds is 3. The molecule has 1 aromatic carbocycles. The molecule has 0 bridgehead atoms. The predicted molar refractivity (Wildman–Crippen MR) is 103 cm³/mol. The third-order valence-corrected chi connectivity index (χ3v) is 6.57. The lowest BCUT2D eigenvalue weighted by atomic mass is 9.87. The van der Waals surface area contributed by atoms with Crippen molar-refractivity contribution >= 4 is 27.5 Å². The maximum atomic E-state index is 13.0. The second kappa shape index (κ2) is 6.58. The van der Waals surface area contributed by atoms with Crippen LogP contribution in [0.2, 0.25) is 0 Å². The Morgan fingerprint density at radius 1 is 1.21 bits per heavy atom. The van der Waals surface area contributed by atoms with Crippen LogP contribution in [0.1, 0.15) is 46.5 Å². The molecule has 2 aromatic heterocycles. The Bertz CT molecular complexity index is 1080. The number of aromatic nitrogens is 1. The molecule has 28 heavy (non-hydrogen) atoms. The normalized spacial score (nSPS) is 15.0. The minimum Gasteiger partial charge on any atom is -0.481 e. The van der Waals surface area contributed by atoms with Gasteiger partial charge in [-0.2, -0.15) is 13.2 Å². The molecule has 0 saturated carbocycles. The van der Waals surface area contributed by atoms with E-state index >= 15 is 0 Å². The number of fused-ring (bicyclic) bond motifs is 3. The van der Waals surface area contributed by atoms with E-state index in [1.54, 1.807) is 25.2 Å². The number of hydrogen-bond donors (Lipinski definition) is 1. The molecule has 146 valence electrons. The molecule has 3 aromatic rings. The van der Waals surface area contributed by atoms with Gasteiger partial charge in [-0.05, 0) is 67.5 Å². The van der Waals surface area contributed by atoms with E-state index in [4.69, 9.17) is 0 Å². The van der Waals surface area contributed by atoms with Crippen molar-refractivity contribution in [2.45, 2.75) is 45.2 Å². The minimum absolute atomic E-state index is 0.576. The van der Waals surface area contributed by atoms with Crippen molar-refractivity contribution in [2.24, 2.45) is 0 Å². The highest BCUT2D eigenvalue weighted by atomic mass is 32.1. The number of hydrogen-bond acceptors (Lipinski definition) is 3. The van der Waals surface area contributed by atoms with Gasteiger partial charge in [0.1, 0.15) is 4.83 Å². The maximum absolute atomic E-state index is 13.0. The Morgan fingerprint density at radius 2 is 1.89 bits per heavy atom. The van der Waals surface area contributed by atoms with Crippen molar-refractivity contribution < 1.29 is 23.1 Å². The quantitative estimate of drug-likeness (QED) is 0.584. The third-order valence-electron chi connectivity index (χ3n) is 5.39. The van der Waals surface area contributed by atoms with E-state index in [1.807, 2.05) is 0 Å². The summed E-state index contributed by atoms with van der Waals surface area (Å²) >= 11 is 1.61. The molecular formula is C21H18F3NO2S. The van der Waals surface area contributed by atoms with E-state index in [9.17, 15) is 23.1 Å². The molecule has 0 aliphatic heterocycles. The summed E-state index contributed by atoms with van der Waals surface area (Å²) in [6, 6.07) is 4.99. The van der Waals surface area contributed by atoms with E-state index < -0.39 is 23.6 Å². The highest BCUT2D eigenvalue weighted by Crippen LogP contribution is 2.45. The van der Waals surface area contributed by atoms with Crippen molar-refractivity contribution in [3.05, 3.63) is 51.5 Å². The number of alkyl halides is 3. The Hall–Kier alpha value is -2.41. The first-order chi connectivity index (χ1) is 13.2. The summed E-state index contributed by atoms with van der Waals surface area (Å²) in [6.07, 6.45) is -1.54. The van der Waals surface area contributed by atoms with Gasteiger partial charge in [-0.15, -0.1) is 11.3 Å². The van der Waals surface area contributed by atoms with Crippen LogP contribution in [0.25, 0.3) is 21.3 Å². The summed E-state index contributed by atoms with van der Waals surface area (Å²) in [6.45, 7) is 3.37. The molecule has 0 amide bonds. The molecule has 2 heterocycles. The molecular weight excluding hydrogens is 387 g/mol. The molecule has 0 fully saturated rings. The Balaban J connectivity index is 2.04. The highest BCUT2D eigenvalue weighted by molar-refractivity contribution is 7.19. The lowest BCUT2D eigenvalue weighted by molar-refractivity contribution is -0.138. The Kier molecular flexibility index (Phi) is 4.45. The summed E-state index contributed by atoms with van der Waals surface area (Å²) in [5, 5.41) is 10.5. The number of thiophene rings is 1. The second-order valence-electron chi connectivity index (χ2n) is 7.16. The summed E-state index contributed by atoms with van der Waals surface area (Å²) in [5.74, 6) is -1.80. The zero-order valence-corrected chi connectivity index (χ0v) is 16.2. The average Bonchev–Trinajstić information content (AvgIpc) is 3.20. The summed E-state index contributed by atoms with van der Waals surface area (Å²) in [7, 11) is 0. The zero-order chi connectivity index (χ0) is 20.2. The van der Waals surface area contributed by atoms with Gasteiger partial charge in [-0.1, -0.05) is 12.1 Å². The van der Waals surface area contributed by atoms with Gasteiger partial charge in [0, 0.05) is 16.0 Å². The lowest BCUT2D eigenvalue weighted by Gasteiger charge is -2.18. The van der Waals surface area contributed by atoms with Gasteiger partial charge in [0.2, 0.25) is 0 Å². The van der Waals surface area contributed by atoms with Crippen LogP contribution in [-0.2, 0) is 23.8 Å². The van der Waals surface area contributed by atoms with E-state index in [0.717, 1.165) is 41.6 Å². The third kappa shape index (κ3) is 2.98. The predicted octanol–water partition coefficient (Wildman–Crippen LogP) is 5.97. The topological polar surface area (TPSA) is 50.2 Å². The number of benzene rings is 1. The molecule has 0 saturated heterocycles. The molecule has 1 aliphatic carbocycles. The molecule has 0 spiro atoms. The van der Waals surface area contributed by atoms with Crippen molar-refractivity contribution in [3.63, 3.8) is 0 Å². The van der Waals surface area contributed by atoms with Crippen LogP contribution in [0.4, 0.5) is 13.2 Å². The van der Waals surface area contributed by atoms with E-state index in [-0.39, 0.29) is 0 Å². The lowest BCUT2D eigenvalue weighted by Crippen LogP contribution is -2.12. The summed E-state index contributed by atoms with van der Waals surface area (Å²) in [4.78, 5) is 18.5. The summed E-state index contributed by atoms with van der Waals surface area (Å²) in [5.41, 5.74) is 2.94. The second-order valence-corrected chi connectivity index (χ2v) is 8.24. The van der Waals surface area contributed by atoms with Gasteiger partial charge in [-0.3, -0.25) is 4.79 Å². The number of halogens is 3. The average molecular weight is 405 g/mol. The monoisotopic (exact) mass is 405 g/mol. The van der Waals surface area contributed by atoms with Crippen LogP contribution < -0.4 is 0 Å². The summed E-state index contributed by atoms with van der Waals surface area (Å²) < 4.78 is 39.0. The van der Waals surface area contributed by atoms with Gasteiger partial charge >= 0.3 is 12.1 Å². The van der Waals surface area contributed by atoms with Gasteiger partial charge < -0.3 is 5.11 Å². The molecule has 7 heteroatoms. The van der Waals surface area contributed by atoms with Crippen LogP contribution in [0.15, 0.2) is 24.3 Å². The molecule has 1 N–H and O–H groups in total. The van der Waals surface area contributed by atoms with E-state index in [2.05, 4.69) is 4.98 Å². The van der Waals surface area contributed by atoms with Gasteiger partial charge in [-0.25, -0.2) is 4.98 Å². The molecule has 1 atom stereocenters. The van der Waals surface area contributed by atoms with E-state index in [1.165, 1.54) is 22.6 Å². The number of nitrogens with zero attached hydrogens (tertiary/aromatic N) is 1. The van der Waals surface area contributed by atoms with Crippen molar-refractivity contribution in [3.8, 4) is 11.1 Å². The fourth-order valence-corrected chi connectivity index (χ4v) is 5.35. The fourth-order valence-electron chi connectivity index (χ4n) is 4.03. The number of carboxylic acids is 1. The Morgan fingerprint density at radius 3 is 2.50 bits per heavy atom. The number of aliphatic carboxylic acids is 1. The Labute approximate surface area is 163 Å². The van der Waals surface area contributed by atoms with Crippen molar-refractivity contribution in [1.29, 1.82) is 0 Å². The van der Waals surface area contributed by atoms with Gasteiger partial charge in [0.25, 0.3) is 0 Å². The molecule has 3 nitrogen and oxygen atoms in total. The standard InChI is InChI=1S/C21H18F3NO2S/c1-10(20(26)27)16-11(2)25-19-18(14-4-3-5-15(14)28-19)17(16)12-6-8-13(9-7-12)21(22,23)24/h6-10H,3-5H2,1-2H3,(H,26,27). The largest absolute Gasteiger partial charge is 0.481 e. The van der Waals surface area contributed by atoms with Crippen molar-refractivity contribution in [2.75, 3.05) is 0 Å². The first-order valence-corrected chi connectivity index (χ1v) is 9.85. The molecule has 1 aliphatic rings. The molecule has 0 radical (unpaired) electrons. The van der Waals surface area contributed by atoms with Gasteiger partial charge in [0.15, 0.2) is 0 Å². The number of carbonyl (C=O) groups is 1. The first kappa shape index (κ1) is 18.9. The molecule has 4 rings (SSSR count). The van der Waals surface area contributed by atoms with E-state index in [0.29, 0.717) is 22.4 Å². The number of pyridine rings is 1. The van der Waals surface area contributed by atoms with Crippen LogP contribution >= 0.6 is 11.3 Å². The first-order valence-electron chi connectivity index (χ1n) is 9.03. The van der Waals surface area contributed by atoms with Crippen molar-refractivity contribution in [1.82, 2.24) is 4.98 Å². The smallest absolute Gasteiger partial charge is 0.416 e. The van der Waals surface area contributed by atoms with Crippen LogP contribution in [0, 0.1) is 6.92 Å². The number of aryl methyl sites for hydroxylation is 3. The highest BCUT2D eigenvalue weighted by Gasteiger charge is 2.31. The van der Waals surface area contributed by atoms with Crippen LogP contribution in [-0.4, -0.2) is 16.1 Å². The van der Waals surface area contributed by atoms with Crippen LogP contribution in [0.5, 0.6) is 0 Å². The van der Waals surface area contributed by atoms with Gasteiger partial charge in [0.05, 0.1) is 11.5 Å². The zero-order valence-electron chi connectivity index (χ0n) is 15.4. The maximum Gasteiger partial charge on any atom is 0.416 e. The minimum atomic E-state index is -4.41.